The van der Waals surface area contributed by atoms with Crippen molar-refractivity contribution in [2.45, 2.75) is 13.8 Å². The highest BCUT2D eigenvalue weighted by Gasteiger charge is 2.10. The van der Waals surface area contributed by atoms with Gasteiger partial charge < -0.3 is 4.74 Å². The summed E-state index contributed by atoms with van der Waals surface area (Å²) in [4.78, 5) is 11.0. The maximum atomic E-state index is 11.0. The molecule has 0 spiro atoms. The van der Waals surface area contributed by atoms with Crippen molar-refractivity contribution in [3.63, 3.8) is 0 Å². The molecule has 18 heavy (non-hydrogen) atoms. The number of carbonyl (C=O) groups excluding carboxylic acids is 1. The number of nitrogens with zero attached hydrogens (tertiary/aromatic N) is 6. The Kier molecular flexibility index (Phi) is 4.97. The van der Waals surface area contributed by atoms with E-state index >= 15 is 0 Å². The van der Waals surface area contributed by atoms with Gasteiger partial charge in [0.15, 0.2) is 5.69 Å². The minimum Gasteiger partial charge on any atom is -0.461 e. The van der Waals surface area contributed by atoms with E-state index in [9.17, 15) is 4.79 Å². The summed E-state index contributed by atoms with van der Waals surface area (Å²) in [6, 6.07) is 0. The van der Waals surface area contributed by atoms with E-state index in [0.717, 1.165) is 5.69 Å². The zero-order valence-electron chi connectivity index (χ0n) is 10.9. The Morgan fingerprint density at radius 1 is 1.39 bits per heavy atom. The van der Waals surface area contributed by atoms with Crippen LogP contribution in [0.25, 0.3) is 0 Å². The van der Waals surface area contributed by atoms with Crippen molar-refractivity contribution in [2.24, 2.45) is 14.1 Å². The first kappa shape index (κ1) is 13.8. The number of carbonyl (C=O) groups is 1. The Morgan fingerprint density at radius 3 is 2.44 bits per heavy atom. The molecule has 0 radical (unpaired) electrons. The van der Waals surface area contributed by atoms with Crippen molar-refractivity contribution in [1.29, 1.82) is 0 Å². The fourth-order valence-corrected chi connectivity index (χ4v) is 1.14. The maximum Gasteiger partial charge on any atom is 0.358 e. The number of hydrogen-bond acceptors (Lipinski definition) is 6. The monoisotopic (exact) mass is 252 g/mol. The van der Waals surface area contributed by atoms with E-state index in [4.69, 9.17) is 4.74 Å². The van der Waals surface area contributed by atoms with Crippen molar-refractivity contribution < 1.29 is 9.53 Å². The van der Waals surface area contributed by atoms with Crippen LogP contribution in [0.5, 0.6) is 0 Å². The van der Waals surface area contributed by atoms with Crippen molar-refractivity contribution in [3.05, 3.63) is 23.8 Å². The third-order valence-electron chi connectivity index (χ3n) is 1.92. The van der Waals surface area contributed by atoms with Crippen LogP contribution in [0, 0.1) is 6.92 Å². The SMILES string of the molecule is CCOC(=O)c1cnnn1C.Cc1cn(C)nn1. The second-order valence-corrected chi connectivity index (χ2v) is 3.50. The van der Waals surface area contributed by atoms with Gasteiger partial charge >= 0.3 is 5.97 Å². The van der Waals surface area contributed by atoms with Crippen LogP contribution in [0.4, 0.5) is 0 Å². The maximum absolute atomic E-state index is 11.0. The molecular weight excluding hydrogens is 236 g/mol. The number of ether oxygens (including phenoxy) is 1. The molecule has 0 aromatic carbocycles. The van der Waals surface area contributed by atoms with Crippen LogP contribution in [0.3, 0.4) is 0 Å². The van der Waals surface area contributed by atoms with Crippen LogP contribution in [0.15, 0.2) is 12.4 Å². The Morgan fingerprint density at radius 2 is 2.11 bits per heavy atom. The van der Waals surface area contributed by atoms with Gasteiger partial charge in [0, 0.05) is 20.3 Å². The second kappa shape index (κ2) is 6.48. The largest absolute Gasteiger partial charge is 0.461 e. The quantitative estimate of drug-likeness (QED) is 0.705. The smallest absolute Gasteiger partial charge is 0.358 e. The average Bonchev–Trinajstić information content (AvgIpc) is 2.89. The Labute approximate surface area is 105 Å². The Balaban J connectivity index is 0.000000199. The highest BCUT2D eigenvalue weighted by molar-refractivity contribution is 5.86. The first-order chi connectivity index (χ1) is 8.54. The van der Waals surface area contributed by atoms with Gasteiger partial charge in [-0.2, -0.15) is 0 Å². The molecule has 2 heterocycles. The van der Waals surface area contributed by atoms with E-state index in [2.05, 4.69) is 20.6 Å². The second-order valence-electron chi connectivity index (χ2n) is 3.50. The topological polar surface area (TPSA) is 87.7 Å². The predicted molar refractivity (Wildman–Crippen MR) is 62.7 cm³/mol. The molecule has 0 fully saturated rings. The van der Waals surface area contributed by atoms with E-state index in [-0.39, 0.29) is 5.97 Å². The highest BCUT2D eigenvalue weighted by Crippen LogP contribution is 1.95. The van der Waals surface area contributed by atoms with Crippen LogP contribution in [-0.2, 0) is 18.8 Å². The van der Waals surface area contributed by atoms with Crippen LogP contribution >= 0.6 is 0 Å². The van der Waals surface area contributed by atoms with E-state index in [0.29, 0.717) is 12.3 Å². The molecule has 0 aliphatic rings. The van der Waals surface area contributed by atoms with Crippen LogP contribution < -0.4 is 0 Å². The lowest BCUT2D eigenvalue weighted by atomic mass is 10.5. The molecule has 0 N–H and O–H groups in total. The molecule has 2 aromatic heterocycles. The van der Waals surface area contributed by atoms with Gasteiger partial charge in [0.2, 0.25) is 0 Å². The molecule has 8 heteroatoms. The number of rotatable bonds is 2. The Hall–Kier alpha value is -2.25. The van der Waals surface area contributed by atoms with Crippen molar-refractivity contribution in [1.82, 2.24) is 30.0 Å². The zero-order valence-corrected chi connectivity index (χ0v) is 10.9. The van der Waals surface area contributed by atoms with Crippen molar-refractivity contribution in [2.75, 3.05) is 6.61 Å². The molecule has 0 saturated carbocycles. The molecule has 0 aliphatic carbocycles. The summed E-state index contributed by atoms with van der Waals surface area (Å²) in [6.45, 7) is 4.03. The average molecular weight is 252 g/mol. The van der Waals surface area contributed by atoms with Gasteiger partial charge in [0.05, 0.1) is 18.5 Å². The summed E-state index contributed by atoms with van der Waals surface area (Å²) >= 11 is 0. The summed E-state index contributed by atoms with van der Waals surface area (Å²) < 4.78 is 7.78. The van der Waals surface area contributed by atoms with Gasteiger partial charge in [-0.05, 0) is 13.8 Å². The van der Waals surface area contributed by atoms with E-state index in [1.54, 1.807) is 18.7 Å². The third kappa shape index (κ3) is 3.96. The zero-order chi connectivity index (χ0) is 13.5. The summed E-state index contributed by atoms with van der Waals surface area (Å²) in [7, 11) is 3.49. The summed E-state index contributed by atoms with van der Waals surface area (Å²) in [5.74, 6) is -0.389. The van der Waals surface area contributed by atoms with Crippen LogP contribution in [0.2, 0.25) is 0 Å². The lowest BCUT2D eigenvalue weighted by Crippen LogP contribution is -2.10. The predicted octanol–water partition coefficient (Wildman–Crippen LogP) is 0.115. The fraction of sp³-hybridized carbons (Fsp3) is 0.500. The minimum atomic E-state index is -0.389. The molecule has 0 bridgehead atoms. The molecule has 2 aromatic rings. The molecular formula is C10H16N6O2. The number of hydrogen-bond donors (Lipinski definition) is 0. The standard InChI is InChI=1S/C6H9N3O2.C4H7N3/c1-3-11-6(10)5-4-7-8-9(5)2;1-4-3-7(2)6-5-4/h4H,3H2,1-2H3;3H,1-2H3. The van der Waals surface area contributed by atoms with Gasteiger partial charge in [-0.3, -0.25) is 4.68 Å². The third-order valence-corrected chi connectivity index (χ3v) is 1.92. The normalized spacial score (nSPS) is 9.56. The van der Waals surface area contributed by atoms with Gasteiger partial charge in [-0.1, -0.05) is 10.4 Å². The van der Waals surface area contributed by atoms with Crippen LogP contribution in [0.1, 0.15) is 23.1 Å². The van der Waals surface area contributed by atoms with Gasteiger partial charge in [0.25, 0.3) is 0 Å². The molecule has 0 unspecified atom stereocenters. The number of esters is 1. The Bertz CT molecular complexity index is 487. The fourth-order valence-electron chi connectivity index (χ4n) is 1.14. The van der Waals surface area contributed by atoms with Crippen LogP contribution in [-0.4, -0.2) is 42.6 Å². The number of aromatic nitrogens is 6. The van der Waals surface area contributed by atoms with E-state index in [1.165, 1.54) is 10.9 Å². The first-order valence-electron chi connectivity index (χ1n) is 5.39. The summed E-state index contributed by atoms with van der Waals surface area (Å²) in [6.07, 6.45) is 3.23. The van der Waals surface area contributed by atoms with Gasteiger partial charge in [-0.25, -0.2) is 9.48 Å². The molecule has 0 atom stereocenters. The lowest BCUT2D eigenvalue weighted by Gasteiger charge is -1.98. The number of aryl methyl sites for hydroxylation is 3. The summed E-state index contributed by atoms with van der Waals surface area (Å²) in [5.41, 5.74) is 1.33. The summed E-state index contributed by atoms with van der Waals surface area (Å²) in [5, 5.41) is 14.5. The molecule has 0 aliphatic heterocycles. The van der Waals surface area contributed by atoms with Crippen molar-refractivity contribution in [3.8, 4) is 0 Å². The molecule has 2 rings (SSSR count). The highest BCUT2D eigenvalue weighted by atomic mass is 16.5. The van der Waals surface area contributed by atoms with Gasteiger partial charge in [-0.15, -0.1) is 10.2 Å². The molecule has 0 amide bonds. The minimum absolute atomic E-state index is 0.365. The van der Waals surface area contributed by atoms with E-state index in [1.807, 2.05) is 20.2 Å². The first-order valence-corrected chi connectivity index (χ1v) is 5.39. The molecule has 8 nitrogen and oxygen atoms in total. The van der Waals surface area contributed by atoms with Crippen molar-refractivity contribution >= 4 is 5.97 Å². The lowest BCUT2D eigenvalue weighted by molar-refractivity contribution is 0.0513. The molecule has 98 valence electrons. The molecule has 0 saturated heterocycles. The van der Waals surface area contributed by atoms with Gasteiger partial charge in [0.1, 0.15) is 0 Å². The van der Waals surface area contributed by atoms with E-state index < -0.39 is 0 Å².